The fourth-order valence-corrected chi connectivity index (χ4v) is 4.01. The van der Waals surface area contributed by atoms with E-state index in [0.717, 1.165) is 70.0 Å². The minimum atomic E-state index is -0.480. The van der Waals surface area contributed by atoms with Gasteiger partial charge in [-0.05, 0) is 35.4 Å². The maximum absolute atomic E-state index is 10.8. The zero-order valence-electron chi connectivity index (χ0n) is 14.6. The average molecular weight is 342 g/mol. The fraction of sp³-hybridized carbons (Fsp3) is 0.611. The molecule has 1 aromatic heterocycles. The van der Waals surface area contributed by atoms with Crippen molar-refractivity contribution in [2.75, 3.05) is 37.6 Å². The quantitative estimate of drug-likeness (QED) is 0.908. The summed E-state index contributed by atoms with van der Waals surface area (Å²) in [6.07, 6.45) is 5.46. The molecule has 0 bridgehead atoms. The summed E-state index contributed by atoms with van der Waals surface area (Å²) < 4.78 is 1.80. The van der Waals surface area contributed by atoms with Gasteiger partial charge in [0.1, 0.15) is 0 Å². The van der Waals surface area contributed by atoms with Gasteiger partial charge in [-0.3, -0.25) is 4.90 Å². The van der Waals surface area contributed by atoms with Gasteiger partial charge in [-0.15, -0.1) is 0 Å². The largest absolute Gasteiger partial charge is 0.389 e. The molecular weight excluding hydrogens is 316 g/mol. The summed E-state index contributed by atoms with van der Waals surface area (Å²) in [5.41, 5.74) is 0.493. The number of nitrogens with zero attached hydrogens (tertiary/aromatic N) is 6. The van der Waals surface area contributed by atoms with Crippen molar-refractivity contribution in [1.29, 1.82) is 0 Å². The van der Waals surface area contributed by atoms with E-state index in [4.69, 9.17) is 0 Å². The zero-order chi connectivity index (χ0) is 17.1. The number of tetrazole rings is 1. The number of hydrogen-bond donors (Lipinski definition) is 1. The van der Waals surface area contributed by atoms with Crippen molar-refractivity contribution < 1.29 is 5.11 Å². The summed E-state index contributed by atoms with van der Waals surface area (Å²) >= 11 is 0. The molecule has 1 saturated carbocycles. The second kappa shape index (κ2) is 7.09. The van der Waals surface area contributed by atoms with Crippen LogP contribution in [0.4, 0.5) is 5.95 Å². The second-order valence-corrected chi connectivity index (χ2v) is 7.27. The first-order chi connectivity index (χ1) is 12.2. The van der Waals surface area contributed by atoms with Gasteiger partial charge in [-0.2, -0.15) is 4.68 Å². The summed E-state index contributed by atoms with van der Waals surface area (Å²) in [5.74, 6) is 0.794. The molecule has 4 rings (SSSR count). The van der Waals surface area contributed by atoms with Gasteiger partial charge in [0.25, 0.3) is 0 Å². The topological polar surface area (TPSA) is 70.3 Å². The number of anilines is 1. The van der Waals surface area contributed by atoms with Gasteiger partial charge in [0.15, 0.2) is 0 Å². The monoisotopic (exact) mass is 342 g/mol. The molecule has 2 aromatic rings. The van der Waals surface area contributed by atoms with Gasteiger partial charge in [-0.25, -0.2) is 0 Å². The van der Waals surface area contributed by atoms with E-state index in [1.54, 1.807) is 4.68 Å². The Kier molecular flexibility index (Phi) is 4.67. The summed E-state index contributed by atoms with van der Waals surface area (Å²) in [6, 6.07) is 9.99. The Morgan fingerprint density at radius 3 is 2.40 bits per heavy atom. The van der Waals surface area contributed by atoms with Crippen LogP contribution in [0, 0.1) is 0 Å². The molecule has 25 heavy (non-hydrogen) atoms. The highest BCUT2D eigenvalue weighted by Gasteiger charge is 2.33. The average Bonchev–Trinajstić information content (AvgIpc) is 3.13. The Hall–Kier alpha value is -1.99. The first kappa shape index (κ1) is 16.5. The summed E-state index contributed by atoms with van der Waals surface area (Å²) in [7, 11) is 0. The second-order valence-electron chi connectivity index (χ2n) is 7.27. The first-order valence-corrected chi connectivity index (χ1v) is 9.27. The molecule has 0 unspecified atom stereocenters. The minimum Gasteiger partial charge on any atom is -0.389 e. The van der Waals surface area contributed by atoms with E-state index in [1.807, 2.05) is 30.3 Å². The van der Waals surface area contributed by atoms with Gasteiger partial charge >= 0.3 is 0 Å². The van der Waals surface area contributed by atoms with E-state index < -0.39 is 5.60 Å². The van der Waals surface area contributed by atoms with Crippen LogP contribution >= 0.6 is 0 Å². The number of piperazine rings is 1. The molecule has 0 radical (unpaired) electrons. The third-order valence-corrected chi connectivity index (χ3v) is 5.41. The third kappa shape index (κ3) is 3.67. The number of hydrogen-bond acceptors (Lipinski definition) is 6. The normalized spacial score (nSPS) is 21.4. The minimum absolute atomic E-state index is 0.480. The van der Waals surface area contributed by atoms with E-state index in [0.29, 0.717) is 0 Å². The van der Waals surface area contributed by atoms with Crippen LogP contribution < -0.4 is 4.90 Å². The SMILES string of the molecule is OC1(CN2CCN(c3nnnn3-c3ccccc3)CC2)CCCCC1. The molecule has 0 amide bonds. The van der Waals surface area contributed by atoms with Crippen molar-refractivity contribution in [3.63, 3.8) is 0 Å². The van der Waals surface area contributed by atoms with E-state index in [2.05, 4.69) is 25.3 Å². The molecule has 1 aliphatic carbocycles. The van der Waals surface area contributed by atoms with Crippen molar-refractivity contribution in [2.45, 2.75) is 37.7 Å². The molecule has 134 valence electrons. The Morgan fingerprint density at radius 1 is 0.960 bits per heavy atom. The number of para-hydroxylation sites is 1. The van der Waals surface area contributed by atoms with Crippen LogP contribution in [0.3, 0.4) is 0 Å². The molecule has 7 nitrogen and oxygen atoms in total. The van der Waals surface area contributed by atoms with Crippen LogP contribution in [0.5, 0.6) is 0 Å². The molecule has 2 fully saturated rings. The van der Waals surface area contributed by atoms with E-state index >= 15 is 0 Å². The van der Waals surface area contributed by atoms with E-state index in [-0.39, 0.29) is 0 Å². The summed E-state index contributed by atoms with van der Waals surface area (Å²) in [5, 5.41) is 23.0. The molecular formula is C18H26N6O. The molecule has 1 aromatic carbocycles. The first-order valence-electron chi connectivity index (χ1n) is 9.27. The van der Waals surface area contributed by atoms with Gasteiger partial charge in [0.2, 0.25) is 5.95 Å². The Labute approximate surface area is 148 Å². The molecule has 7 heteroatoms. The molecule has 1 saturated heterocycles. The maximum atomic E-state index is 10.8. The van der Waals surface area contributed by atoms with Crippen LogP contribution in [-0.4, -0.2) is 68.5 Å². The summed E-state index contributed by atoms with van der Waals surface area (Å²) in [6.45, 7) is 4.42. The number of aliphatic hydroxyl groups is 1. The number of benzene rings is 1. The van der Waals surface area contributed by atoms with Gasteiger partial charge in [0.05, 0.1) is 11.3 Å². The lowest BCUT2D eigenvalue weighted by Gasteiger charge is -2.41. The molecule has 0 atom stereocenters. The Morgan fingerprint density at radius 2 is 1.68 bits per heavy atom. The molecule has 0 spiro atoms. The number of rotatable bonds is 4. The third-order valence-electron chi connectivity index (χ3n) is 5.41. The van der Waals surface area contributed by atoms with Gasteiger partial charge < -0.3 is 10.0 Å². The van der Waals surface area contributed by atoms with Crippen molar-refractivity contribution >= 4 is 5.95 Å². The van der Waals surface area contributed by atoms with E-state index in [9.17, 15) is 5.11 Å². The van der Waals surface area contributed by atoms with Gasteiger partial charge in [-0.1, -0.05) is 42.6 Å². The van der Waals surface area contributed by atoms with E-state index in [1.165, 1.54) is 6.42 Å². The number of aromatic nitrogens is 4. The lowest BCUT2D eigenvalue weighted by atomic mass is 9.84. The van der Waals surface area contributed by atoms with Crippen molar-refractivity contribution in [2.24, 2.45) is 0 Å². The predicted octanol–water partition coefficient (Wildman–Crippen LogP) is 1.48. The van der Waals surface area contributed by atoms with Crippen LogP contribution in [0.25, 0.3) is 5.69 Å². The van der Waals surface area contributed by atoms with Crippen LogP contribution in [-0.2, 0) is 0 Å². The maximum Gasteiger partial charge on any atom is 0.250 e. The molecule has 1 N–H and O–H groups in total. The molecule has 1 aliphatic heterocycles. The van der Waals surface area contributed by atoms with Crippen LogP contribution in [0.2, 0.25) is 0 Å². The summed E-state index contributed by atoms with van der Waals surface area (Å²) in [4.78, 5) is 4.62. The van der Waals surface area contributed by atoms with Crippen LogP contribution in [0.15, 0.2) is 30.3 Å². The highest BCUT2D eigenvalue weighted by Crippen LogP contribution is 2.29. The fourth-order valence-electron chi connectivity index (χ4n) is 4.01. The smallest absolute Gasteiger partial charge is 0.250 e. The Balaban J connectivity index is 1.39. The Bertz CT molecular complexity index is 674. The van der Waals surface area contributed by atoms with Crippen molar-refractivity contribution in [1.82, 2.24) is 25.1 Å². The van der Waals surface area contributed by atoms with Crippen LogP contribution in [0.1, 0.15) is 32.1 Å². The lowest BCUT2D eigenvalue weighted by Crippen LogP contribution is -2.53. The van der Waals surface area contributed by atoms with Crippen molar-refractivity contribution in [3.05, 3.63) is 30.3 Å². The lowest BCUT2D eigenvalue weighted by molar-refractivity contribution is -0.0272. The number of β-amino-alcohol motifs (C(OH)–C–C–N with tert-alkyl or cyclic N) is 1. The van der Waals surface area contributed by atoms with Gasteiger partial charge in [0, 0.05) is 32.7 Å². The molecule has 2 aliphatic rings. The highest BCUT2D eigenvalue weighted by atomic mass is 16.3. The molecule has 2 heterocycles. The zero-order valence-corrected chi connectivity index (χ0v) is 14.6. The predicted molar refractivity (Wildman–Crippen MR) is 95.8 cm³/mol. The van der Waals surface area contributed by atoms with Crippen molar-refractivity contribution in [3.8, 4) is 5.69 Å². The highest BCUT2D eigenvalue weighted by molar-refractivity contribution is 5.40. The standard InChI is InChI=1S/C18H26N6O/c25-18(9-5-2-6-10-18)15-22-11-13-23(14-12-22)17-19-20-21-24(17)16-7-3-1-4-8-16/h1,3-4,7-8,25H,2,5-6,9-15H2.